The van der Waals surface area contributed by atoms with E-state index < -0.39 is 8.25 Å². The lowest BCUT2D eigenvalue weighted by Gasteiger charge is -2.22. The first-order chi connectivity index (χ1) is 16.2. The van der Waals surface area contributed by atoms with E-state index in [1.807, 2.05) is 38.1 Å². The topological polar surface area (TPSA) is 85.2 Å². The normalized spacial score (nSPS) is 13.1. The van der Waals surface area contributed by atoms with Crippen molar-refractivity contribution in [1.29, 1.82) is 0 Å². The summed E-state index contributed by atoms with van der Waals surface area (Å²) in [5, 5.41) is 13.6. The van der Waals surface area contributed by atoms with Gasteiger partial charge in [0.2, 0.25) is 0 Å². The lowest BCUT2D eigenvalue weighted by Crippen LogP contribution is -2.12. The summed E-state index contributed by atoms with van der Waals surface area (Å²) in [6.07, 6.45) is 2.97. The summed E-state index contributed by atoms with van der Waals surface area (Å²) in [6, 6.07) is 8.07. The fourth-order valence-electron chi connectivity index (χ4n) is 4.17. The molecule has 2 rings (SSSR count). The van der Waals surface area contributed by atoms with E-state index in [4.69, 9.17) is 9.05 Å². The van der Waals surface area contributed by atoms with Gasteiger partial charge in [0.05, 0.1) is 13.2 Å². The molecule has 194 valence electrons. The van der Waals surface area contributed by atoms with Crippen LogP contribution in [0, 0.1) is 18.8 Å². The number of nitroso groups, excluding NO2 is 1. The zero-order chi connectivity index (χ0) is 26.4. The molecule has 2 aromatic carbocycles. The first-order valence-electron chi connectivity index (χ1n) is 12.3. The van der Waals surface area contributed by atoms with Gasteiger partial charge in [-0.05, 0) is 88.9 Å². The van der Waals surface area contributed by atoms with E-state index in [2.05, 4.69) is 46.7 Å². The van der Waals surface area contributed by atoms with Crippen LogP contribution in [-0.2, 0) is 37.3 Å². The lowest BCUT2D eigenvalue weighted by molar-refractivity contribution is 0.222. The van der Waals surface area contributed by atoms with Gasteiger partial charge in [0, 0.05) is 0 Å². The number of phenolic OH excluding ortho intramolecular Hbond substituents is 1. The minimum atomic E-state index is -2.54. The second kappa shape index (κ2) is 12.3. The minimum absolute atomic E-state index is 0.138. The van der Waals surface area contributed by atoms with E-state index in [0.717, 1.165) is 52.6 Å². The van der Waals surface area contributed by atoms with Gasteiger partial charge in [-0.3, -0.25) is 4.57 Å². The predicted octanol–water partition coefficient (Wildman–Crippen LogP) is 7.99. The van der Waals surface area contributed by atoms with E-state index in [9.17, 15) is 14.6 Å². The van der Waals surface area contributed by atoms with E-state index in [-0.39, 0.29) is 10.8 Å². The molecule has 1 unspecified atom stereocenters. The molecule has 35 heavy (non-hydrogen) atoms. The molecule has 0 saturated heterocycles. The first-order valence-corrected chi connectivity index (χ1v) is 13.6. The standard InChI is InChI=1S/C28H42NO5P/c1-19-15-21(17-23(25(19)29-31)27(3,4)5)11-9-13-33-35(32)34-14-10-12-22-16-20(2)26(30)24(18-22)28(6,7)8/h15-18,30,35H,9-14H2,1-8H3. The van der Waals surface area contributed by atoms with Gasteiger partial charge in [0.15, 0.2) is 0 Å². The Morgan fingerprint density at radius 3 is 1.71 bits per heavy atom. The van der Waals surface area contributed by atoms with Crippen LogP contribution in [0.25, 0.3) is 0 Å². The average Bonchev–Trinajstić information content (AvgIpc) is 2.74. The van der Waals surface area contributed by atoms with Crippen molar-refractivity contribution in [2.45, 2.75) is 91.9 Å². The Balaban J connectivity index is 1.78. The Kier molecular flexibility index (Phi) is 10.3. The molecule has 1 N–H and O–H groups in total. The molecular weight excluding hydrogens is 461 g/mol. The number of phenols is 1. The number of benzene rings is 2. The monoisotopic (exact) mass is 503 g/mol. The maximum Gasteiger partial charge on any atom is 0.319 e. The van der Waals surface area contributed by atoms with Gasteiger partial charge in [-0.1, -0.05) is 65.8 Å². The Bertz CT molecular complexity index is 1050. The first kappa shape index (κ1) is 29.2. The van der Waals surface area contributed by atoms with Crippen LogP contribution in [0.1, 0.15) is 87.8 Å². The van der Waals surface area contributed by atoms with Crippen LogP contribution >= 0.6 is 8.25 Å². The van der Waals surface area contributed by atoms with Crippen LogP contribution in [0.5, 0.6) is 5.75 Å². The number of hydrogen-bond acceptors (Lipinski definition) is 6. The molecule has 0 saturated carbocycles. The largest absolute Gasteiger partial charge is 0.507 e. The Labute approximate surface area is 211 Å². The summed E-state index contributed by atoms with van der Waals surface area (Å²) in [5.41, 5.74) is 6.08. The second-order valence-corrected chi connectivity index (χ2v) is 12.4. The van der Waals surface area contributed by atoms with Crippen LogP contribution in [0.3, 0.4) is 0 Å². The van der Waals surface area contributed by atoms with Crippen molar-refractivity contribution in [2.24, 2.45) is 5.18 Å². The van der Waals surface area contributed by atoms with E-state index >= 15 is 0 Å². The summed E-state index contributed by atoms with van der Waals surface area (Å²) in [4.78, 5) is 11.3. The van der Waals surface area contributed by atoms with Crippen LogP contribution in [-0.4, -0.2) is 18.3 Å². The van der Waals surface area contributed by atoms with Gasteiger partial charge in [-0.15, -0.1) is 4.91 Å². The fourth-order valence-corrected chi connectivity index (χ4v) is 4.87. The van der Waals surface area contributed by atoms with Gasteiger partial charge in [0.25, 0.3) is 0 Å². The molecule has 0 bridgehead atoms. The maximum absolute atomic E-state index is 12.1. The third-order valence-electron chi connectivity index (χ3n) is 6.09. The highest BCUT2D eigenvalue weighted by molar-refractivity contribution is 7.33. The van der Waals surface area contributed by atoms with Crippen molar-refractivity contribution >= 4 is 13.9 Å². The van der Waals surface area contributed by atoms with Crippen molar-refractivity contribution in [3.8, 4) is 5.75 Å². The molecule has 0 amide bonds. The summed E-state index contributed by atoms with van der Waals surface area (Å²) in [7, 11) is -2.54. The van der Waals surface area contributed by atoms with Gasteiger partial charge in [-0.2, -0.15) is 0 Å². The SMILES string of the molecule is Cc1cc(CCCO[PH](=O)OCCCc2cc(C)c(N=O)c(C(C)(C)C)c2)cc(C(C)(C)C)c1O. The van der Waals surface area contributed by atoms with Gasteiger partial charge in [0.1, 0.15) is 11.4 Å². The zero-order valence-electron chi connectivity index (χ0n) is 22.6. The molecule has 0 aliphatic rings. The molecule has 2 aromatic rings. The average molecular weight is 504 g/mol. The van der Waals surface area contributed by atoms with Crippen molar-refractivity contribution in [1.82, 2.24) is 0 Å². The Hall–Kier alpha value is -2.01. The molecule has 0 aromatic heterocycles. The molecule has 7 heteroatoms. The Morgan fingerprint density at radius 2 is 1.26 bits per heavy atom. The highest BCUT2D eigenvalue weighted by atomic mass is 31.1. The summed E-state index contributed by atoms with van der Waals surface area (Å²) < 4.78 is 23.0. The number of aryl methyl sites for hydroxylation is 4. The van der Waals surface area contributed by atoms with Gasteiger partial charge >= 0.3 is 8.25 Å². The van der Waals surface area contributed by atoms with Crippen molar-refractivity contribution in [2.75, 3.05) is 13.2 Å². The third kappa shape index (κ3) is 8.56. The number of rotatable bonds is 11. The smallest absolute Gasteiger partial charge is 0.319 e. The van der Waals surface area contributed by atoms with Crippen molar-refractivity contribution < 1.29 is 18.7 Å². The van der Waals surface area contributed by atoms with Gasteiger partial charge in [-0.25, -0.2) is 0 Å². The molecule has 1 atom stereocenters. The number of aromatic hydroxyl groups is 1. The number of hydrogen-bond donors (Lipinski definition) is 1. The Morgan fingerprint density at radius 1 is 0.800 bits per heavy atom. The third-order valence-corrected chi connectivity index (χ3v) is 6.97. The molecule has 0 spiro atoms. The molecule has 0 radical (unpaired) electrons. The molecule has 0 aliphatic heterocycles. The fraction of sp³-hybridized carbons (Fsp3) is 0.571. The molecule has 0 aliphatic carbocycles. The number of nitrogens with zero attached hydrogens (tertiary/aromatic N) is 1. The van der Waals surface area contributed by atoms with Crippen LogP contribution in [0.4, 0.5) is 5.69 Å². The summed E-state index contributed by atoms with van der Waals surface area (Å²) >= 11 is 0. The van der Waals surface area contributed by atoms with Crippen LogP contribution in [0.2, 0.25) is 0 Å². The van der Waals surface area contributed by atoms with E-state index in [1.54, 1.807) is 0 Å². The maximum atomic E-state index is 12.1. The highest BCUT2D eigenvalue weighted by Gasteiger charge is 2.21. The van der Waals surface area contributed by atoms with Crippen molar-refractivity contribution in [3.63, 3.8) is 0 Å². The van der Waals surface area contributed by atoms with E-state index in [1.165, 1.54) is 0 Å². The molecular formula is C28H42NO5P. The second-order valence-electron chi connectivity index (χ2n) is 11.4. The molecule has 6 nitrogen and oxygen atoms in total. The van der Waals surface area contributed by atoms with Crippen molar-refractivity contribution in [3.05, 3.63) is 62.6 Å². The van der Waals surface area contributed by atoms with Gasteiger partial charge < -0.3 is 14.2 Å². The molecule has 0 fully saturated rings. The molecule has 0 heterocycles. The van der Waals surface area contributed by atoms with Crippen LogP contribution < -0.4 is 0 Å². The van der Waals surface area contributed by atoms with Crippen LogP contribution in [0.15, 0.2) is 29.4 Å². The summed E-state index contributed by atoms with van der Waals surface area (Å²) in [6.45, 7) is 17.0. The zero-order valence-corrected chi connectivity index (χ0v) is 23.6. The predicted molar refractivity (Wildman–Crippen MR) is 144 cm³/mol. The minimum Gasteiger partial charge on any atom is -0.507 e. The quantitative estimate of drug-likeness (QED) is 0.191. The van der Waals surface area contributed by atoms with E-state index in [0.29, 0.717) is 31.1 Å². The highest BCUT2D eigenvalue weighted by Crippen LogP contribution is 2.36. The lowest BCUT2D eigenvalue weighted by atomic mass is 9.83. The summed E-state index contributed by atoms with van der Waals surface area (Å²) in [5.74, 6) is 0.358.